The number of hydrogen-bond donors (Lipinski definition) is 2. The van der Waals surface area contributed by atoms with Crippen LogP contribution in [-0.4, -0.2) is 32.5 Å². The van der Waals surface area contributed by atoms with E-state index in [-0.39, 0.29) is 23.3 Å². The van der Waals surface area contributed by atoms with Crippen molar-refractivity contribution in [1.29, 1.82) is 0 Å². The minimum Gasteiger partial charge on any atom is -0.394 e. The lowest BCUT2D eigenvalue weighted by molar-refractivity contribution is -0.385. The third kappa shape index (κ3) is 3.87. The van der Waals surface area contributed by atoms with Crippen LogP contribution in [0.25, 0.3) is 0 Å². The van der Waals surface area contributed by atoms with Gasteiger partial charge in [-0.2, -0.15) is 5.10 Å². The zero-order valence-corrected chi connectivity index (χ0v) is 12.8. The van der Waals surface area contributed by atoms with Crippen LogP contribution in [-0.2, 0) is 13.0 Å². The van der Waals surface area contributed by atoms with Crippen LogP contribution >= 0.6 is 0 Å². The van der Waals surface area contributed by atoms with Gasteiger partial charge in [-0.25, -0.2) is 0 Å². The Morgan fingerprint density at radius 1 is 1.43 bits per heavy atom. The molecule has 0 aliphatic heterocycles. The predicted molar refractivity (Wildman–Crippen MR) is 86.2 cm³/mol. The normalized spacial score (nSPS) is 15.3. The number of para-hydroxylation sites is 1. The van der Waals surface area contributed by atoms with Gasteiger partial charge in [-0.05, 0) is 25.2 Å². The van der Waals surface area contributed by atoms with Crippen molar-refractivity contribution in [2.24, 2.45) is 5.92 Å². The second kappa shape index (κ2) is 6.78. The van der Waals surface area contributed by atoms with Crippen LogP contribution in [0.1, 0.15) is 18.4 Å². The molecule has 1 aliphatic carbocycles. The Hall–Kier alpha value is -2.41. The van der Waals surface area contributed by atoms with Crippen molar-refractivity contribution in [2.75, 3.05) is 11.9 Å². The number of hydrogen-bond acceptors (Lipinski definition) is 5. The zero-order chi connectivity index (χ0) is 16.2. The van der Waals surface area contributed by atoms with Gasteiger partial charge in [-0.1, -0.05) is 18.2 Å². The summed E-state index contributed by atoms with van der Waals surface area (Å²) in [6, 6.07) is 7.07. The standard InChI is InChI=1S/C16H20N4O3/c21-8-7-19-11-14(10-17-19)18-15(12-5-6-12)9-13-3-1-2-4-16(13)20(22)23/h1-4,10-12,15,18,21H,5-9H2. The molecule has 122 valence electrons. The van der Waals surface area contributed by atoms with Crippen LogP contribution in [0.4, 0.5) is 11.4 Å². The quantitative estimate of drug-likeness (QED) is 0.575. The Morgan fingerprint density at radius 2 is 2.22 bits per heavy atom. The summed E-state index contributed by atoms with van der Waals surface area (Å²) in [5, 5.41) is 27.7. The summed E-state index contributed by atoms with van der Waals surface area (Å²) in [4.78, 5) is 10.8. The molecule has 0 spiro atoms. The van der Waals surface area contributed by atoms with Gasteiger partial charge in [0.2, 0.25) is 0 Å². The highest BCUT2D eigenvalue weighted by Gasteiger charge is 2.32. The van der Waals surface area contributed by atoms with Crippen molar-refractivity contribution in [2.45, 2.75) is 31.8 Å². The van der Waals surface area contributed by atoms with Crippen LogP contribution in [0, 0.1) is 16.0 Å². The van der Waals surface area contributed by atoms with Crippen LogP contribution < -0.4 is 5.32 Å². The number of nitrogens with zero attached hydrogens (tertiary/aromatic N) is 3. The average molecular weight is 316 g/mol. The predicted octanol–water partition coefficient (Wildman–Crippen LogP) is 2.22. The molecule has 1 aliphatic rings. The van der Waals surface area contributed by atoms with E-state index in [4.69, 9.17) is 5.11 Å². The summed E-state index contributed by atoms with van der Waals surface area (Å²) >= 11 is 0. The first-order valence-corrected chi connectivity index (χ1v) is 7.79. The van der Waals surface area contributed by atoms with E-state index >= 15 is 0 Å². The van der Waals surface area contributed by atoms with Gasteiger partial charge in [-0.15, -0.1) is 0 Å². The second-order valence-corrected chi connectivity index (χ2v) is 5.89. The number of nitro groups is 1. The minimum atomic E-state index is -0.321. The van der Waals surface area contributed by atoms with Crippen molar-refractivity contribution in [3.63, 3.8) is 0 Å². The van der Waals surface area contributed by atoms with Gasteiger partial charge in [0.25, 0.3) is 5.69 Å². The summed E-state index contributed by atoms with van der Waals surface area (Å²) in [6.45, 7) is 0.503. The van der Waals surface area contributed by atoms with E-state index in [0.29, 0.717) is 18.9 Å². The molecule has 0 bridgehead atoms. The van der Waals surface area contributed by atoms with E-state index in [9.17, 15) is 10.1 Å². The molecule has 1 saturated carbocycles. The van der Waals surface area contributed by atoms with Crippen LogP contribution in [0.15, 0.2) is 36.7 Å². The highest BCUT2D eigenvalue weighted by atomic mass is 16.6. The van der Waals surface area contributed by atoms with Gasteiger partial charge < -0.3 is 10.4 Å². The van der Waals surface area contributed by atoms with Gasteiger partial charge in [-0.3, -0.25) is 14.8 Å². The first kappa shape index (κ1) is 15.5. The van der Waals surface area contributed by atoms with Crippen molar-refractivity contribution in [1.82, 2.24) is 9.78 Å². The number of anilines is 1. The molecular weight excluding hydrogens is 296 g/mol. The molecule has 0 radical (unpaired) electrons. The van der Waals surface area contributed by atoms with E-state index in [1.807, 2.05) is 18.3 Å². The largest absolute Gasteiger partial charge is 0.394 e. The number of benzene rings is 1. The van der Waals surface area contributed by atoms with Crippen molar-refractivity contribution < 1.29 is 10.0 Å². The molecule has 1 aromatic heterocycles. The van der Waals surface area contributed by atoms with Crippen molar-refractivity contribution >= 4 is 11.4 Å². The third-order valence-corrected chi connectivity index (χ3v) is 4.13. The molecule has 0 saturated heterocycles. The zero-order valence-electron chi connectivity index (χ0n) is 12.8. The summed E-state index contributed by atoms with van der Waals surface area (Å²) < 4.78 is 1.68. The van der Waals surface area contributed by atoms with Gasteiger partial charge in [0, 0.05) is 23.9 Å². The fourth-order valence-electron chi connectivity index (χ4n) is 2.81. The molecule has 1 aromatic carbocycles. The first-order valence-electron chi connectivity index (χ1n) is 7.79. The molecule has 1 atom stereocenters. The number of nitrogens with one attached hydrogen (secondary N) is 1. The van der Waals surface area contributed by atoms with Gasteiger partial charge in [0.1, 0.15) is 0 Å². The van der Waals surface area contributed by atoms with Gasteiger partial charge in [0.05, 0.1) is 30.0 Å². The van der Waals surface area contributed by atoms with Crippen LogP contribution in [0.5, 0.6) is 0 Å². The molecule has 23 heavy (non-hydrogen) atoms. The van der Waals surface area contributed by atoms with Gasteiger partial charge >= 0.3 is 0 Å². The molecule has 1 heterocycles. The number of aliphatic hydroxyl groups is 1. The number of aromatic nitrogens is 2. The molecule has 0 amide bonds. The molecule has 2 N–H and O–H groups in total. The Bertz CT molecular complexity index is 681. The molecule has 2 aromatic rings. The molecule has 7 nitrogen and oxygen atoms in total. The lowest BCUT2D eigenvalue weighted by atomic mass is 10.0. The summed E-state index contributed by atoms with van der Waals surface area (Å²) in [5.74, 6) is 0.538. The maximum atomic E-state index is 11.2. The van der Waals surface area contributed by atoms with Crippen LogP contribution in [0.3, 0.4) is 0 Å². The van der Waals surface area contributed by atoms with Crippen molar-refractivity contribution in [3.05, 3.63) is 52.3 Å². The highest BCUT2D eigenvalue weighted by Crippen LogP contribution is 2.36. The Balaban J connectivity index is 1.73. The van der Waals surface area contributed by atoms with E-state index in [0.717, 1.165) is 24.1 Å². The molecule has 3 rings (SSSR count). The van der Waals surface area contributed by atoms with E-state index in [1.54, 1.807) is 23.0 Å². The SMILES string of the molecule is O=[N+]([O-])c1ccccc1CC(Nc1cnn(CCO)c1)C1CC1. The topological polar surface area (TPSA) is 93.2 Å². The smallest absolute Gasteiger partial charge is 0.272 e. The monoisotopic (exact) mass is 316 g/mol. The Labute approximate surface area is 134 Å². The third-order valence-electron chi connectivity index (χ3n) is 4.13. The number of rotatable bonds is 8. The fraction of sp³-hybridized carbons (Fsp3) is 0.438. The van der Waals surface area contributed by atoms with E-state index in [2.05, 4.69) is 10.4 Å². The lowest BCUT2D eigenvalue weighted by Gasteiger charge is -2.18. The molecule has 1 fully saturated rings. The molecule has 1 unspecified atom stereocenters. The maximum Gasteiger partial charge on any atom is 0.272 e. The Morgan fingerprint density at radius 3 is 2.91 bits per heavy atom. The fourth-order valence-corrected chi connectivity index (χ4v) is 2.81. The molecular formula is C16H20N4O3. The van der Waals surface area contributed by atoms with E-state index in [1.165, 1.54) is 0 Å². The minimum absolute atomic E-state index is 0.0450. The average Bonchev–Trinajstić information content (AvgIpc) is 3.29. The first-order chi connectivity index (χ1) is 11.2. The maximum absolute atomic E-state index is 11.2. The number of aliphatic hydroxyl groups excluding tert-OH is 1. The number of nitro benzene ring substituents is 1. The van der Waals surface area contributed by atoms with Gasteiger partial charge in [0.15, 0.2) is 0 Å². The summed E-state index contributed by atoms with van der Waals surface area (Å²) in [6.07, 6.45) is 6.48. The summed E-state index contributed by atoms with van der Waals surface area (Å²) in [5.41, 5.74) is 1.81. The second-order valence-electron chi connectivity index (χ2n) is 5.89. The molecule has 7 heteroatoms. The highest BCUT2D eigenvalue weighted by molar-refractivity contribution is 5.44. The Kier molecular flexibility index (Phi) is 4.57. The summed E-state index contributed by atoms with van der Waals surface area (Å²) in [7, 11) is 0. The van der Waals surface area contributed by atoms with Crippen LogP contribution in [0.2, 0.25) is 0 Å². The van der Waals surface area contributed by atoms with E-state index < -0.39 is 0 Å². The van der Waals surface area contributed by atoms with Crippen molar-refractivity contribution in [3.8, 4) is 0 Å². The lowest BCUT2D eigenvalue weighted by Crippen LogP contribution is -2.24.